The van der Waals surface area contributed by atoms with Crippen LogP contribution in [0.4, 0.5) is 5.69 Å². The maximum atomic E-state index is 4.63. The van der Waals surface area contributed by atoms with Crippen LogP contribution in [0.5, 0.6) is 0 Å². The Morgan fingerprint density at radius 2 is 2.20 bits per heavy atom. The van der Waals surface area contributed by atoms with E-state index in [2.05, 4.69) is 66.8 Å². The van der Waals surface area contributed by atoms with Crippen molar-refractivity contribution in [3.63, 3.8) is 0 Å². The van der Waals surface area contributed by atoms with Gasteiger partial charge in [-0.15, -0.1) is 0 Å². The van der Waals surface area contributed by atoms with Gasteiger partial charge < -0.3 is 10.2 Å². The van der Waals surface area contributed by atoms with E-state index in [4.69, 9.17) is 0 Å². The van der Waals surface area contributed by atoms with Crippen molar-refractivity contribution in [3.8, 4) is 0 Å². The van der Waals surface area contributed by atoms with Gasteiger partial charge in [0.25, 0.3) is 0 Å². The van der Waals surface area contributed by atoms with Gasteiger partial charge in [-0.05, 0) is 32.0 Å². The summed E-state index contributed by atoms with van der Waals surface area (Å²) in [5, 5.41) is 3.40. The first-order valence-corrected chi connectivity index (χ1v) is 8.58. The number of pyridine rings is 1. The summed E-state index contributed by atoms with van der Waals surface area (Å²) in [5.74, 6) is 1.20. The van der Waals surface area contributed by atoms with Crippen LogP contribution in [0.25, 0.3) is 0 Å². The maximum absolute atomic E-state index is 4.63. The summed E-state index contributed by atoms with van der Waals surface area (Å²) in [5.41, 5.74) is 2.39. The van der Waals surface area contributed by atoms with Gasteiger partial charge in [0.2, 0.25) is 0 Å². The smallest absolute Gasteiger partial charge is 0.0572 e. The molecule has 0 bridgehead atoms. The van der Waals surface area contributed by atoms with E-state index in [1.54, 1.807) is 0 Å². The fraction of sp³-hybridized carbons (Fsp3) is 0.688. The van der Waals surface area contributed by atoms with Crippen LogP contribution in [0.2, 0.25) is 0 Å². The van der Waals surface area contributed by atoms with E-state index in [1.165, 1.54) is 17.9 Å². The molecule has 1 unspecified atom stereocenters. The van der Waals surface area contributed by atoms with Gasteiger partial charge in [-0.3, -0.25) is 4.98 Å². The molecule has 0 aromatic carbocycles. The van der Waals surface area contributed by atoms with Crippen molar-refractivity contribution in [2.24, 2.45) is 0 Å². The second kappa shape index (κ2) is 6.81. The first-order valence-electron chi connectivity index (χ1n) is 7.60. The van der Waals surface area contributed by atoms with Gasteiger partial charge in [0, 0.05) is 29.6 Å². The molecule has 1 aromatic rings. The molecule has 1 atom stereocenters. The van der Waals surface area contributed by atoms with Crippen molar-refractivity contribution < 1.29 is 0 Å². The summed E-state index contributed by atoms with van der Waals surface area (Å²) in [6.07, 6.45) is 3.26. The van der Waals surface area contributed by atoms with Crippen LogP contribution in [0, 0.1) is 0 Å². The molecule has 112 valence electrons. The Morgan fingerprint density at radius 1 is 1.40 bits per heavy atom. The highest BCUT2D eigenvalue weighted by molar-refractivity contribution is 8.00. The van der Waals surface area contributed by atoms with E-state index in [0.29, 0.717) is 10.8 Å². The third-order valence-electron chi connectivity index (χ3n) is 3.93. The molecule has 0 radical (unpaired) electrons. The number of aromatic nitrogens is 1. The highest BCUT2D eigenvalue weighted by Gasteiger charge is 2.23. The SMILES string of the molecule is CCNC(C)c1ccc(N2CCSC(C)(C)CC2)cn1. The molecule has 0 aliphatic carbocycles. The van der Waals surface area contributed by atoms with Crippen molar-refractivity contribution in [2.45, 2.75) is 44.9 Å². The number of hydrogen-bond donors (Lipinski definition) is 1. The molecular formula is C16H27N3S. The van der Waals surface area contributed by atoms with Crippen LogP contribution in [0.3, 0.4) is 0 Å². The molecule has 1 fully saturated rings. The van der Waals surface area contributed by atoms with Crippen molar-refractivity contribution in [1.82, 2.24) is 10.3 Å². The van der Waals surface area contributed by atoms with E-state index in [1.807, 2.05) is 6.20 Å². The van der Waals surface area contributed by atoms with E-state index < -0.39 is 0 Å². The minimum atomic E-state index is 0.327. The quantitative estimate of drug-likeness (QED) is 0.920. The molecule has 4 heteroatoms. The monoisotopic (exact) mass is 293 g/mol. The number of thioether (sulfide) groups is 1. The summed E-state index contributed by atoms with van der Waals surface area (Å²) in [4.78, 5) is 7.10. The van der Waals surface area contributed by atoms with Gasteiger partial charge in [-0.1, -0.05) is 20.8 Å². The topological polar surface area (TPSA) is 28.2 Å². The molecule has 1 aromatic heterocycles. The van der Waals surface area contributed by atoms with Gasteiger partial charge in [0.05, 0.1) is 17.6 Å². The molecule has 2 rings (SSSR count). The summed E-state index contributed by atoms with van der Waals surface area (Å²) in [6.45, 7) is 12.2. The molecule has 0 spiro atoms. The van der Waals surface area contributed by atoms with Gasteiger partial charge in [0.1, 0.15) is 0 Å². The van der Waals surface area contributed by atoms with Gasteiger partial charge in [-0.2, -0.15) is 11.8 Å². The lowest BCUT2D eigenvalue weighted by molar-refractivity contribution is 0.583. The Morgan fingerprint density at radius 3 is 2.85 bits per heavy atom. The Kier molecular flexibility index (Phi) is 5.33. The summed E-state index contributed by atoms with van der Waals surface area (Å²) in [6, 6.07) is 4.71. The number of hydrogen-bond acceptors (Lipinski definition) is 4. The average Bonchev–Trinajstić information content (AvgIpc) is 2.60. The highest BCUT2D eigenvalue weighted by atomic mass is 32.2. The first kappa shape index (κ1) is 15.6. The molecule has 0 amide bonds. The largest absolute Gasteiger partial charge is 0.369 e. The van der Waals surface area contributed by atoms with Crippen molar-refractivity contribution in [1.29, 1.82) is 0 Å². The second-order valence-electron chi connectivity index (χ2n) is 6.07. The lowest BCUT2D eigenvalue weighted by atomic mass is 10.1. The first-order chi connectivity index (χ1) is 9.52. The predicted octanol–water partition coefficient (Wildman–Crippen LogP) is 3.47. The Labute approximate surface area is 127 Å². The van der Waals surface area contributed by atoms with Crippen LogP contribution in [-0.2, 0) is 0 Å². The van der Waals surface area contributed by atoms with Gasteiger partial charge >= 0.3 is 0 Å². The fourth-order valence-corrected chi connectivity index (χ4v) is 3.63. The van der Waals surface area contributed by atoms with E-state index in [-0.39, 0.29) is 0 Å². The predicted molar refractivity (Wildman–Crippen MR) is 89.7 cm³/mol. The van der Waals surface area contributed by atoms with Crippen LogP contribution in [0.15, 0.2) is 18.3 Å². The Bertz CT molecular complexity index is 416. The standard InChI is InChI=1S/C16H27N3S/c1-5-17-13(2)15-7-6-14(12-18-15)19-9-8-16(3,4)20-11-10-19/h6-7,12-13,17H,5,8-11H2,1-4H3. The summed E-state index contributed by atoms with van der Waals surface area (Å²) in [7, 11) is 0. The molecule has 0 saturated carbocycles. The lowest BCUT2D eigenvalue weighted by Gasteiger charge is -2.24. The van der Waals surface area contributed by atoms with Crippen molar-refractivity contribution in [2.75, 3.05) is 30.3 Å². The fourth-order valence-electron chi connectivity index (χ4n) is 2.53. The number of nitrogens with zero attached hydrogens (tertiary/aromatic N) is 2. The van der Waals surface area contributed by atoms with E-state index >= 15 is 0 Å². The average molecular weight is 293 g/mol. The second-order valence-corrected chi connectivity index (χ2v) is 7.87. The third-order valence-corrected chi connectivity index (χ3v) is 5.30. The highest BCUT2D eigenvalue weighted by Crippen LogP contribution is 2.32. The zero-order valence-corrected chi connectivity index (χ0v) is 14.0. The van der Waals surface area contributed by atoms with Crippen molar-refractivity contribution in [3.05, 3.63) is 24.0 Å². The Hall–Kier alpha value is -0.740. The summed E-state index contributed by atoms with van der Waals surface area (Å²) >= 11 is 2.08. The number of rotatable bonds is 4. The van der Waals surface area contributed by atoms with E-state index in [0.717, 1.165) is 25.3 Å². The molecule has 2 heterocycles. The third kappa shape index (κ3) is 4.13. The molecular weight excluding hydrogens is 266 g/mol. The summed E-state index contributed by atoms with van der Waals surface area (Å²) < 4.78 is 0.404. The van der Waals surface area contributed by atoms with Crippen molar-refractivity contribution >= 4 is 17.4 Å². The minimum Gasteiger partial charge on any atom is -0.369 e. The molecule has 1 aliphatic heterocycles. The van der Waals surface area contributed by atoms with Gasteiger partial charge in [0.15, 0.2) is 0 Å². The maximum Gasteiger partial charge on any atom is 0.0572 e. The van der Waals surface area contributed by atoms with Crippen LogP contribution in [-0.4, -0.2) is 35.1 Å². The zero-order chi connectivity index (χ0) is 14.6. The lowest BCUT2D eigenvalue weighted by Crippen LogP contribution is -2.27. The minimum absolute atomic E-state index is 0.327. The van der Waals surface area contributed by atoms with Crippen LogP contribution >= 0.6 is 11.8 Å². The normalized spacial score (nSPS) is 20.5. The van der Waals surface area contributed by atoms with Crippen LogP contribution in [0.1, 0.15) is 45.9 Å². The van der Waals surface area contributed by atoms with E-state index in [9.17, 15) is 0 Å². The van der Waals surface area contributed by atoms with Crippen LogP contribution < -0.4 is 10.2 Å². The zero-order valence-electron chi connectivity index (χ0n) is 13.1. The number of nitrogens with one attached hydrogen (secondary N) is 1. The Balaban J connectivity index is 2.02. The number of anilines is 1. The molecule has 1 N–H and O–H groups in total. The molecule has 20 heavy (non-hydrogen) atoms. The molecule has 3 nitrogen and oxygen atoms in total. The molecule has 1 saturated heterocycles. The van der Waals surface area contributed by atoms with Gasteiger partial charge in [-0.25, -0.2) is 0 Å². The molecule has 1 aliphatic rings.